The van der Waals surface area contributed by atoms with E-state index in [9.17, 15) is 0 Å². The fraction of sp³-hybridized carbons (Fsp3) is 0.692. The van der Waals surface area contributed by atoms with Gasteiger partial charge in [0.2, 0.25) is 0 Å². The molecule has 0 fully saturated rings. The van der Waals surface area contributed by atoms with E-state index in [1.807, 2.05) is 38.0 Å². The number of nitrogens with two attached hydrogens (primary N) is 1. The monoisotopic (exact) mass is 251 g/mol. The molecule has 0 aliphatic rings. The first-order valence-electron chi connectivity index (χ1n) is 6.32. The first-order valence-corrected chi connectivity index (χ1v) is 6.32. The lowest BCUT2D eigenvalue weighted by Crippen LogP contribution is -2.31. The van der Waals surface area contributed by atoms with Crippen LogP contribution in [0, 0.1) is 10.8 Å². The number of hydrogen-bond acceptors (Lipinski definition) is 3. The third-order valence-electron chi connectivity index (χ3n) is 3.28. The lowest BCUT2D eigenvalue weighted by molar-refractivity contribution is 0.300. The summed E-state index contributed by atoms with van der Waals surface area (Å²) in [6, 6.07) is 0. The van der Waals surface area contributed by atoms with Crippen molar-refractivity contribution in [3.63, 3.8) is 0 Å². The molecular weight excluding hydrogens is 226 g/mol. The Kier molecular flexibility index (Phi) is 4.90. The van der Waals surface area contributed by atoms with Crippen molar-refractivity contribution in [1.82, 2.24) is 14.7 Å². The molecule has 1 rings (SSSR count). The van der Waals surface area contributed by atoms with Gasteiger partial charge in [-0.3, -0.25) is 10.1 Å². The Bertz CT molecular complexity index is 394. The maximum absolute atomic E-state index is 7.52. The van der Waals surface area contributed by atoms with Crippen LogP contribution in [0.3, 0.4) is 0 Å². The van der Waals surface area contributed by atoms with Crippen LogP contribution in [0.5, 0.6) is 0 Å². The Labute approximate surface area is 109 Å². The minimum atomic E-state index is -0.185. The zero-order valence-corrected chi connectivity index (χ0v) is 11.9. The summed E-state index contributed by atoms with van der Waals surface area (Å²) >= 11 is 0. The molecule has 0 aliphatic carbocycles. The third-order valence-corrected chi connectivity index (χ3v) is 3.28. The van der Waals surface area contributed by atoms with Gasteiger partial charge in [0.15, 0.2) is 0 Å². The standard InChI is InChI=1S/C13H25N5/c1-13(2,12(14)15)6-5-7-17(3)9-11-8-16-18(4)10-11/h8,10H,5-7,9H2,1-4H3,(H3,14,15). The second kappa shape index (κ2) is 6.00. The topological polar surface area (TPSA) is 70.9 Å². The quantitative estimate of drug-likeness (QED) is 0.571. The minimum Gasteiger partial charge on any atom is -0.387 e. The molecule has 0 bridgehead atoms. The fourth-order valence-corrected chi connectivity index (χ4v) is 1.87. The zero-order chi connectivity index (χ0) is 13.8. The highest BCUT2D eigenvalue weighted by atomic mass is 15.2. The number of amidine groups is 1. The predicted molar refractivity (Wildman–Crippen MR) is 74.5 cm³/mol. The van der Waals surface area contributed by atoms with Gasteiger partial charge in [-0.25, -0.2) is 0 Å². The molecule has 102 valence electrons. The summed E-state index contributed by atoms with van der Waals surface area (Å²) in [4.78, 5) is 2.27. The molecule has 1 aromatic rings. The minimum absolute atomic E-state index is 0.185. The zero-order valence-electron chi connectivity index (χ0n) is 11.9. The molecule has 3 N–H and O–H groups in total. The number of aromatic nitrogens is 2. The largest absolute Gasteiger partial charge is 0.387 e. The summed E-state index contributed by atoms with van der Waals surface area (Å²) in [5.74, 6) is 0.275. The van der Waals surface area contributed by atoms with Gasteiger partial charge in [0, 0.05) is 30.8 Å². The summed E-state index contributed by atoms with van der Waals surface area (Å²) in [6.45, 7) is 5.97. The van der Waals surface area contributed by atoms with Gasteiger partial charge in [0.05, 0.1) is 12.0 Å². The fourth-order valence-electron chi connectivity index (χ4n) is 1.87. The van der Waals surface area contributed by atoms with E-state index in [4.69, 9.17) is 11.1 Å². The Morgan fingerprint density at radius 3 is 2.72 bits per heavy atom. The first kappa shape index (κ1) is 14.7. The second-order valence-corrected chi connectivity index (χ2v) is 5.66. The molecule has 0 aromatic carbocycles. The summed E-state index contributed by atoms with van der Waals surface area (Å²) in [6.07, 6.45) is 5.93. The summed E-state index contributed by atoms with van der Waals surface area (Å²) in [5, 5.41) is 11.7. The van der Waals surface area contributed by atoms with Gasteiger partial charge in [-0.05, 0) is 26.4 Å². The molecule has 0 saturated heterocycles. The van der Waals surface area contributed by atoms with Crippen LogP contribution in [0.15, 0.2) is 12.4 Å². The van der Waals surface area contributed by atoms with Crippen molar-refractivity contribution in [2.75, 3.05) is 13.6 Å². The van der Waals surface area contributed by atoms with Crippen molar-refractivity contribution in [3.05, 3.63) is 18.0 Å². The van der Waals surface area contributed by atoms with Crippen LogP contribution < -0.4 is 5.73 Å². The Hall–Kier alpha value is -1.36. The van der Waals surface area contributed by atoms with Crippen molar-refractivity contribution in [3.8, 4) is 0 Å². The lowest BCUT2D eigenvalue weighted by atomic mass is 9.86. The van der Waals surface area contributed by atoms with Crippen molar-refractivity contribution in [1.29, 1.82) is 5.41 Å². The van der Waals surface area contributed by atoms with E-state index in [1.54, 1.807) is 0 Å². The van der Waals surface area contributed by atoms with Gasteiger partial charge in [0.1, 0.15) is 0 Å². The molecule has 0 saturated carbocycles. The average Bonchev–Trinajstić information content (AvgIpc) is 2.63. The van der Waals surface area contributed by atoms with Gasteiger partial charge in [-0.15, -0.1) is 0 Å². The molecule has 0 amide bonds. The van der Waals surface area contributed by atoms with Crippen molar-refractivity contribution < 1.29 is 0 Å². The molecule has 5 heteroatoms. The third kappa shape index (κ3) is 4.49. The van der Waals surface area contributed by atoms with E-state index in [2.05, 4.69) is 17.0 Å². The van der Waals surface area contributed by atoms with E-state index in [0.29, 0.717) is 0 Å². The van der Waals surface area contributed by atoms with Gasteiger partial charge in [0.25, 0.3) is 0 Å². The Morgan fingerprint density at radius 2 is 2.22 bits per heavy atom. The maximum Gasteiger partial charge on any atom is 0.0963 e. The SMILES string of the molecule is CN(CCCC(C)(C)C(=N)N)Cc1cnn(C)c1. The van der Waals surface area contributed by atoms with E-state index in [-0.39, 0.29) is 11.3 Å². The van der Waals surface area contributed by atoms with E-state index in [0.717, 1.165) is 25.9 Å². The van der Waals surface area contributed by atoms with Gasteiger partial charge in [-0.1, -0.05) is 13.8 Å². The molecule has 1 heterocycles. The molecular formula is C13H25N5. The normalized spacial score (nSPS) is 12.1. The van der Waals surface area contributed by atoms with Gasteiger partial charge >= 0.3 is 0 Å². The van der Waals surface area contributed by atoms with Crippen LogP contribution in [0.25, 0.3) is 0 Å². The second-order valence-electron chi connectivity index (χ2n) is 5.66. The highest BCUT2D eigenvalue weighted by Gasteiger charge is 2.20. The number of aryl methyl sites for hydroxylation is 1. The first-order chi connectivity index (χ1) is 8.31. The van der Waals surface area contributed by atoms with Crippen LogP contribution in [-0.2, 0) is 13.6 Å². The van der Waals surface area contributed by atoms with Crippen LogP contribution in [-0.4, -0.2) is 34.1 Å². The van der Waals surface area contributed by atoms with Crippen molar-refractivity contribution in [2.45, 2.75) is 33.2 Å². The highest BCUT2D eigenvalue weighted by Crippen LogP contribution is 2.21. The summed E-state index contributed by atoms with van der Waals surface area (Å²) in [5.41, 5.74) is 6.61. The lowest BCUT2D eigenvalue weighted by Gasteiger charge is -2.24. The summed E-state index contributed by atoms with van der Waals surface area (Å²) < 4.78 is 1.82. The van der Waals surface area contributed by atoms with Crippen LogP contribution in [0.2, 0.25) is 0 Å². The van der Waals surface area contributed by atoms with Gasteiger partial charge in [-0.2, -0.15) is 5.10 Å². The molecule has 0 unspecified atom stereocenters. The van der Waals surface area contributed by atoms with Gasteiger partial charge < -0.3 is 10.6 Å². The Balaban J connectivity index is 2.29. The number of nitrogens with zero attached hydrogens (tertiary/aromatic N) is 3. The number of rotatable bonds is 7. The van der Waals surface area contributed by atoms with E-state index < -0.39 is 0 Å². The van der Waals surface area contributed by atoms with Crippen molar-refractivity contribution in [2.24, 2.45) is 18.2 Å². The molecule has 0 atom stereocenters. The number of hydrogen-bond donors (Lipinski definition) is 2. The van der Waals surface area contributed by atoms with Crippen LogP contribution in [0.4, 0.5) is 0 Å². The van der Waals surface area contributed by atoms with E-state index in [1.165, 1.54) is 5.56 Å². The number of nitrogens with one attached hydrogen (secondary N) is 1. The predicted octanol–water partition coefficient (Wildman–Crippen LogP) is 1.59. The molecule has 0 spiro atoms. The Morgan fingerprint density at radius 1 is 1.56 bits per heavy atom. The van der Waals surface area contributed by atoms with Crippen LogP contribution in [0.1, 0.15) is 32.3 Å². The molecule has 18 heavy (non-hydrogen) atoms. The summed E-state index contributed by atoms with van der Waals surface area (Å²) in [7, 11) is 4.03. The van der Waals surface area contributed by atoms with Crippen molar-refractivity contribution >= 4 is 5.84 Å². The molecule has 1 aromatic heterocycles. The van der Waals surface area contributed by atoms with Crippen LogP contribution >= 0.6 is 0 Å². The molecule has 5 nitrogen and oxygen atoms in total. The highest BCUT2D eigenvalue weighted by molar-refractivity contribution is 5.82. The molecule has 0 aliphatic heterocycles. The molecule has 0 radical (unpaired) electrons. The smallest absolute Gasteiger partial charge is 0.0963 e. The average molecular weight is 251 g/mol. The maximum atomic E-state index is 7.52. The van der Waals surface area contributed by atoms with E-state index >= 15 is 0 Å².